The van der Waals surface area contributed by atoms with E-state index in [0.29, 0.717) is 11.3 Å². The van der Waals surface area contributed by atoms with Gasteiger partial charge in [0.25, 0.3) is 0 Å². The molecule has 0 aliphatic heterocycles. The summed E-state index contributed by atoms with van der Waals surface area (Å²) in [6.07, 6.45) is 3.11. The molecule has 0 bridgehead atoms. The Hall–Kier alpha value is -0.412. The third kappa shape index (κ3) is 10.4. The molecule has 0 aromatic carbocycles. The number of nitrogens with one attached hydrogen (secondary N) is 1. The summed E-state index contributed by atoms with van der Waals surface area (Å²) in [6.45, 7) is 16.1. The van der Waals surface area contributed by atoms with E-state index < -0.39 is 23.3 Å². The molecule has 0 saturated heterocycles. The van der Waals surface area contributed by atoms with E-state index in [2.05, 4.69) is 27.7 Å². The predicted molar refractivity (Wildman–Crippen MR) is 96.6 cm³/mol. The Kier molecular flexibility index (Phi) is 11.4. The van der Waals surface area contributed by atoms with Crippen molar-refractivity contribution in [1.82, 2.24) is 0 Å². The molecule has 0 amide bonds. The molecule has 3 N–H and O–H groups in total. The average molecular weight is 537 g/mol. The zero-order valence-electron chi connectivity index (χ0n) is 16.4. The Bertz CT molecular complexity index is 426. The molecule has 0 radical (unpaired) electrons. The second-order valence-electron chi connectivity index (χ2n) is 9.10. The van der Waals surface area contributed by atoms with Gasteiger partial charge in [0.1, 0.15) is 0 Å². The van der Waals surface area contributed by atoms with Gasteiger partial charge in [-0.25, -0.2) is 0 Å². The van der Waals surface area contributed by atoms with E-state index in [1.54, 1.807) is 20.8 Å². The Morgan fingerprint density at radius 3 is 1.84 bits per heavy atom. The number of rotatable bonds is 3. The largest absolute Gasteiger partial charge is 2.00 e. The molecule has 25 heavy (non-hydrogen) atoms. The van der Waals surface area contributed by atoms with E-state index >= 15 is 0 Å². The molecule has 2 unspecified atom stereocenters. The molecule has 5 nitrogen and oxygen atoms in total. The van der Waals surface area contributed by atoms with Crippen LogP contribution in [0.3, 0.4) is 0 Å². The number of hydrogen-bond acceptors (Lipinski definition) is 2. The summed E-state index contributed by atoms with van der Waals surface area (Å²) in [5.41, 5.74) is 7.61. The number of hydrogen-bond donors (Lipinski definition) is 2. The number of carbonyl (C=O) groups is 2. The molecule has 1 saturated carbocycles. The van der Waals surface area contributed by atoms with E-state index in [-0.39, 0.29) is 33.5 Å². The minimum atomic E-state index is -1.07. The van der Waals surface area contributed by atoms with Crippen LogP contribution in [-0.4, -0.2) is 28.2 Å². The zero-order chi connectivity index (χ0) is 19.3. The summed E-state index contributed by atoms with van der Waals surface area (Å²) in [7, 11) is 0. The van der Waals surface area contributed by atoms with Crippen molar-refractivity contribution in [2.24, 2.45) is 28.6 Å². The van der Waals surface area contributed by atoms with Crippen molar-refractivity contribution in [2.75, 3.05) is 0 Å². The van der Waals surface area contributed by atoms with Gasteiger partial charge in [-0.15, -0.1) is 0 Å². The zero-order valence-corrected chi connectivity index (χ0v) is 18.6. The summed E-state index contributed by atoms with van der Waals surface area (Å²) in [6, 6.07) is 0.101. The first-order valence-electron chi connectivity index (χ1n) is 8.65. The van der Waals surface area contributed by atoms with Gasteiger partial charge in [-0.05, 0) is 16.7 Å². The quantitative estimate of drug-likeness (QED) is 0.501. The molecular weight excluding hydrogens is 501 g/mol. The Balaban J connectivity index is 0. The van der Waals surface area contributed by atoms with Crippen LogP contribution in [-0.2, 0) is 30.7 Å². The molecule has 4 atom stereocenters. The van der Waals surface area contributed by atoms with Gasteiger partial charge in [-0.3, -0.25) is 9.59 Å². The number of carboxylic acid groups (broad SMARTS) is 2. The fraction of sp³-hybridized carbons (Fsp3) is 0.842. The van der Waals surface area contributed by atoms with Crippen LogP contribution in [0, 0.1) is 35.5 Å². The van der Waals surface area contributed by atoms with Crippen molar-refractivity contribution in [1.29, 1.82) is 0 Å². The first kappa shape index (κ1) is 26.8. The maximum absolute atomic E-state index is 10.6. The fourth-order valence-electron chi connectivity index (χ4n) is 2.99. The van der Waals surface area contributed by atoms with Gasteiger partial charge in [0.05, 0.1) is 12.3 Å². The minimum absolute atomic E-state index is 0. The first-order chi connectivity index (χ1) is 10.7. The molecule has 6 heteroatoms. The third-order valence-electron chi connectivity index (χ3n) is 4.93. The van der Waals surface area contributed by atoms with Crippen molar-refractivity contribution in [2.45, 2.75) is 73.3 Å². The molecule has 0 spiro atoms. The molecule has 1 rings (SSSR count). The Morgan fingerprint density at radius 2 is 1.60 bits per heavy atom. The first-order valence-corrected chi connectivity index (χ1v) is 8.65. The molecule has 0 heterocycles. The molecule has 0 aromatic heterocycles. The Labute approximate surface area is 167 Å². The van der Waals surface area contributed by atoms with E-state index in [0.717, 1.165) is 18.8 Å². The van der Waals surface area contributed by atoms with Crippen LogP contribution in [0.5, 0.6) is 0 Å². The normalized spacial score (nSPS) is 25.0. The van der Waals surface area contributed by atoms with Crippen molar-refractivity contribution in [3.63, 3.8) is 0 Å². The van der Waals surface area contributed by atoms with E-state index in [1.165, 1.54) is 6.42 Å². The molecule has 1 aliphatic carbocycles. The van der Waals surface area contributed by atoms with Gasteiger partial charge in [0.15, 0.2) is 0 Å². The van der Waals surface area contributed by atoms with Crippen LogP contribution in [0.1, 0.15) is 67.2 Å². The Morgan fingerprint density at radius 1 is 1.12 bits per heavy atom. The summed E-state index contributed by atoms with van der Waals surface area (Å²) in [5.74, 6) is -1.80. The maximum atomic E-state index is 10.6. The van der Waals surface area contributed by atoms with Crippen LogP contribution in [0.25, 0.3) is 5.73 Å². The second kappa shape index (κ2) is 10.7. The van der Waals surface area contributed by atoms with E-state index in [4.69, 9.17) is 15.9 Å². The van der Waals surface area contributed by atoms with E-state index in [1.807, 2.05) is 0 Å². The van der Waals surface area contributed by atoms with Gasteiger partial charge in [0.2, 0.25) is 0 Å². The van der Waals surface area contributed by atoms with Gasteiger partial charge in [0, 0.05) is 0 Å². The van der Waals surface area contributed by atoms with Crippen LogP contribution in [0.2, 0.25) is 0 Å². The second-order valence-corrected chi connectivity index (χ2v) is 9.10. The van der Waals surface area contributed by atoms with Crippen LogP contribution >= 0.6 is 0 Å². The predicted octanol–water partition coefficient (Wildman–Crippen LogP) is 4.91. The SMILES string of the molecule is CC(C)(C)C(CC(=O)O)C(=O)O.[CH2-][C@@H]1CC(C(C)(C)C)CC[C@H]1[NH-].[Pt+2]. The van der Waals surface area contributed by atoms with Crippen molar-refractivity contribution in [3.8, 4) is 0 Å². The van der Waals surface area contributed by atoms with Crippen molar-refractivity contribution >= 4 is 11.9 Å². The molecule has 1 aliphatic rings. The standard InChI is InChI=1S/C11H21N.C8H14O4.Pt/c1-8-7-9(11(2,3)4)5-6-10(8)12;1-8(2,3)5(7(11)12)4-6(9)10;/h8-10,12H,1,5-7H2,2-4H3;5H,4H2,1-3H3,(H,9,10)(H,11,12);/q-2;;+2/t8-,9?,10-;;/m1../s1. The number of aliphatic carboxylic acids is 2. The topological polar surface area (TPSA) is 98.4 Å². The van der Waals surface area contributed by atoms with Crippen molar-refractivity contribution < 1.29 is 40.9 Å². The average Bonchev–Trinajstić information content (AvgIpc) is 2.37. The summed E-state index contributed by atoms with van der Waals surface area (Å²) >= 11 is 0. The van der Waals surface area contributed by atoms with Crippen LogP contribution in [0.4, 0.5) is 0 Å². The molecule has 0 aromatic rings. The number of carboxylic acids is 2. The van der Waals surface area contributed by atoms with Crippen LogP contribution in [0.15, 0.2) is 0 Å². The molecular formula is C19H35NO4Pt. The minimum Gasteiger partial charge on any atom is -0.677 e. The van der Waals surface area contributed by atoms with Gasteiger partial charge >= 0.3 is 33.0 Å². The van der Waals surface area contributed by atoms with Crippen LogP contribution < -0.4 is 0 Å². The van der Waals surface area contributed by atoms with Gasteiger partial charge in [-0.1, -0.05) is 60.8 Å². The van der Waals surface area contributed by atoms with Gasteiger partial charge < -0.3 is 22.9 Å². The summed E-state index contributed by atoms with van der Waals surface area (Å²) in [4.78, 5) is 20.9. The van der Waals surface area contributed by atoms with E-state index in [9.17, 15) is 9.59 Å². The smallest absolute Gasteiger partial charge is 0.677 e. The third-order valence-corrected chi connectivity index (χ3v) is 4.93. The van der Waals surface area contributed by atoms with Crippen molar-refractivity contribution in [3.05, 3.63) is 12.7 Å². The monoisotopic (exact) mass is 536 g/mol. The molecule has 1 fully saturated rings. The fourth-order valence-corrected chi connectivity index (χ4v) is 2.99. The molecule has 150 valence electrons. The van der Waals surface area contributed by atoms with Gasteiger partial charge in [-0.2, -0.15) is 12.0 Å². The maximum Gasteiger partial charge on any atom is 2.00 e. The summed E-state index contributed by atoms with van der Waals surface area (Å²) in [5, 5.41) is 17.1. The summed E-state index contributed by atoms with van der Waals surface area (Å²) < 4.78 is 0.